The van der Waals surface area contributed by atoms with E-state index in [0.717, 1.165) is 0 Å². The van der Waals surface area contributed by atoms with E-state index in [1.54, 1.807) is 38.4 Å². The van der Waals surface area contributed by atoms with Crippen molar-refractivity contribution in [1.29, 1.82) is 0 Å². The van der Waals surface area contributed by atoms with Crippen molar-refractivity contribution in [2.75, 3.05) is 47.4 Å². The third-order valence-electron chi connectivity index (χ3n) is 5.89. The fourth-order valence-corrected chi connectivity index (χ4v) is 3.99. The molecule has 0 aliphatic carbocycles. The number of nitrogens with zero attached hydrogens (tertiary/aromatic N) is 1. The van der Waals surface area contributed by atoms with Crippen LogP contribution in [-0.4, -0.2) is 75.2 Å². The van der Waals surface area contributed by atoms with E-state index in [0.29, 0.717) is 40.8 Å². The molecule has 212 valence electrons. The zero-order valence-electron chi connectivity index (χ0n) is 23.1. The van der Waals surface area contributed by atoms with E-state index in [2.05, 4.69) is 16.0 Å². The summed E-state index contributed by atoms with van der Waals surface area (Å²) in [6, 6.07) is 13.9. The van der Waals surface area contributed by atoms with Gasteiger partial charge in [-0.15, -0.1) is 0 Å². The van der Waals surface area contributed by atoms with Gasteiger partial charge in [0.1, 0.15) is 11.4 Å². The van der Waals surface area contributed by atoms with Gasteiger partial charge in [0, 0.05) is 38.1 Å². The molecule has 2 rings (SSSR count). The quantitative estimate of drug-likeness (QED) is 0.174. The summed E-state index contributed by atoms with van der Waals surface area (Å²) >= 11 is 6.04. The number of aliphatic hydroxyl groups is 1. The first kappa shape index (κ1) is 31.8. The van der Waals surface area contributed by atoms with Crippen LogP contribution in [0.4, 0.5) is 5.69 Å². The Balaban J connectivity index is 2.16. The van der Waals surface area contributed by atoms with E-state index < -0.39 is 5.41 Å². The summed E-state index contributed by atoms with van der Waals surface area (Å²) in [5.41, 5.74) is 0.988. The second-order valence-corrected chi connectivity index (χ2v) is 10.3. The predicted molar refractivity (Wildman–Crippen MR) is 151 cm³/mol. The molecule has 2 aromatic carbocycles. The molecule has 0 fully saturated rings. The van der Waals surface area contributed by atoms with Crippen molar-refractivity contribution < 1.29 is 29.5 Å². The molecule has 0 bridgehead atoms. The number of nitrogens with one attached hydrogen (secondary N) is 3. The summed E-state index contributed by atoms with van der Waals surface area (Å²) in [7, 11) is 4.95. The van der Waals surface area contributed by atoms with Gasteiger partial charge in [0.15, 0.2) is 5.70 Å². The van der Waals surface area contributed by atoms with Crippen molar-refractivity contribution >= 4 is 35.0 Å². The molecule has 0 aliphatic heterocycles. The van der Waals surface area contributed by atoms with Gasteiger partial charge < -0.3 is 25.8 Å². The van der Waals surface area contributed by atoms with Gasteiger partial charge in [-0.3, -0.25) is 14.5 Å². The van der Waals surface area contributed by atoms with E-state index in [1.165, 1.54) is 18.5 Å². The Hall–Kier alpha value is -3.44. The highest BCUT2D eigenvalue weighted by Crippen LogP contribution is 2.24. The van der Waals surface area contributed by atoms with Crippen LogP contribution in [-0.2, 0) is 9.59 Å². The Kier molecular flexibility index (Phi) is 12.4. The number of rotatable bonds is 14. The van der Waals surface area contributed by atoms with Crippen LogP contribution < -0.4 is 26.0 Å². The molecule has 0 unspecified atom stereocenters. The van der Waals surface area contributed by atoms with E-state index in [1.807, 2.05) is 36.9 Å². The van der Waals surface area contributed by atoms with Crippen LogP contribution in [0.2, 0.25) is 5.02 Å². The van der Waals surface area contributed by atoms with Crippen molar-refractivity contribution in [3.05, 3.63) is 70.5 Å². The van der Waals surface area contributed by atoms with Crippen LogP contribution >= 0.6 is 11.6 Å². The second kappa shape index (κ2) is 15.2. The maximum absolute atomic E-state index is 13.3. The summed E-state index contributed by atoms with van der Waals surface area (Å²) in [5, 5.41) is 19.8. The average molecular weight is 561 g/mol. The van der Waals surface area contributed by atoms with Crippen molar-refractivity contribution in [1.82, 2.24) is 20.9 Å². The minimum absolute atomic E-state index is 0.0333. The van der Waals surface area contributed by atoms with E-state index in [4.69, 9.17) is 16.3 Å². The summed E-state index contributed by atoms with van der Waals surface area (Å²) in [6.45, 7) is 4.54. The van der Waals surface area contributed by atoms with Crippen LogP contribution in [0.15, 0.2) is 59.9 Å². The molecule has 0 heterocycles. The molecule has 11 heteroatoms. The largest absolute Gasteiger partial charge is 0.496 e. The monoisotopic (exact) mass is 560 g/mol. The predicted octanol–water partition coefficient (Wildman–Crippen LogP) is 1.39. The van der Waals surface area contributed by atoms with Crippen molar-refractivity contribution in [2.24, 2.45) is 5.41 Å². The maximum Gasteiger partial charge on any atom is 0.365 e. The lowest BCUT2D eigenvalue weighted by Crippen LogP contribution is -2.83. The van der Waals surface area contributed by atoms with Gasteiger partial charge in [0.2, 0.25) is 5.91 Å². The highest BCUT2D eigenvalue weighted by atomic mass is 35.5. The number of aliphatic hydroxyl groups excluding tert-OH is 1. The van der Waals surface area contributed by atoms with Crippen LogP contribution in [0.25, 0.3) is 0 Å². The third kappa shape index (κ3) is 10.3. The van der Waals surface area contributed by atoms with Gasteiger partial charge in [-0.25, -0.2) is 10.1 Å². The first-order chi connectivity index (χ1) is 18.5. The lowest BCUT2D eigenvalue weighted by molar-refractivity contribution is -0.479. The fourth-order valence-electron chi connectivity index (χ4n) is 3.81. The molecule has 0 aromatic heterocycles. The van der Waals surface area contributed by atoms with Crippen LogP contribution in [0.5, 0.6) is 5.75 Å². The highest BCUT2D eigenvalue weighted by molar-refractivity contribution is 6.31. The standard InChI is InChI=1S/C28H38ClN5O5/c1-28(2,18-31-26(37)21-15-19(29)11-12-23(21)39-5)16-24(36)33-25(22(30-3)17-34(4)13-14-35)27(38)32-20-9-7-6-8-10-20/h6-12,15,30,35H,13-14,16-18H2,1-5H3,(H,31,37)(H,32,38)(H,33,36)/p+1/b25-22+. The van der Waals surface area contributed by atoms with Gasteiger partial charge >= 0.3 is 5.91 Å². The van der Waals surface area contributed by atoms with E-state index >= 15 is 0 Å². The first-order valence-electron chi connectivity index (χ1n) is 12.6. The Labute approximate surface area is 234 Å². The molecule has 0 saturated heterocycles. The number of carbonyl (C=O) groups excluding carboxylic acids is 3. The highest BCUT2D eigenvalue weighted by Gasteiger charge is 2.28. The Morgan fingerprint density at radius 1 is 1.13 bits per heavy atom. The maximum atomic E-state index is 13.3. The lowest BCUT2D eigenvalue weighted by Gasteiger charge is -2.25. The second-order valence-electron chi connectivity index (χ2n) is 9.90. The Morgan fingerprint density at radius 2 is 1.82 bits per heavy atom. The summed E-state index contributed by atoms with van der Waals surface area (Å²) < 4.78 is 5.26. The fraction of sp³-hybridized carbons (Fsp3) is 0.393. The number of quaternary nitrogens is 1. The molecule has 3 amide bonds. The first-order valence-corrected chi connectivity index (χ1v) is 12.9. The zero-order valence-corrected chi connectivity index (χ0v) is 23.9. The van der Waals surface area contributed by atoms with Gasteiger partial charge in [0.25, 0.3) is 5.91 Å². The SMILES string of the molecule is CN/C(CN(C)CCO)=C(/NC(=O)CC(C)(C)CNC(=O)c1cc(Cl)ccc1OC)C(=O)[NH2+]c1ccccc1. The topological polar surface area (TPSA) is 137 Å². The number of halogens is 1. The summed E-state index contributed by atoms with van der Waals surface area (Å²) in [6.07, 6.45) is 0.0333. The number of hydrogen-bond donors (Lipinski definition) is 5. The number of methoxy groups -OCH3 is 1. The van der Waals surface area contributed by atoms with Gasteiger partial charge in [-0.1, -0.05) is 43.6 Å². The number of likely N-dealkylation sites (N-methyl/N-ethyl adjacent to an activating group) is 2. The van der Waals surface area contributed by atoms with Gasteiger partial charge in [0.05, 0.1) is 25.0 Å². The smallest absolute Gasteiger partial charge is 0.365 e. The Bertz CT molecular complexity index is 1170. The van der Waals surface area contributed by atoms with E-state index in [-0.39, 0.29) is 43.0 Å². The molecule has 0 atom stereocenters. The lowest BCUT2D eigenvalue weighted by atomic mass is 9.88. The van der Waals surface area contributed by atoms with Gasteiger partial charge in [-0.05, 0) is 42.8 Å². The van der Waals surface area contributed by atoms with Crippen molar-refractivity contribution in [3.63, 3.8) is 0 Å². The molecule has 6 N–H and O–H groups in total. The summed E-state index contributed by atoms with van der Waals surface area (Å²) in [5.74, 6) is -0.728. The molecule has 0 spiro atoms. The van der Waals surface area contributed by atoms with Crippen molar-refractivity contribution in [2.45, 2.75) is 20.3 Å². The average Bonchev–Trinajstić information content (AvgIpc) is 2.89. The number of amides is 3. The third-order valence-corrected chi connectivity index (χ3v) is 6.13. The molecular formula is C28H39ClN5O5+. The molecule has 10 nitrogen and oxygen atoms in total. The number of hydrogen-bond acceptors (Lipinski definition) is 7. The van der Waals surface area contributed by atoms with E-state index in [9.17, 15) is 19.5 Å². The Morgan fingerprint density at radius 3 is 2.44 bits per heavy atom. The molecule has 0 saturated carbocycles. The molecule has 2 aromatic rings. The number of para-hydroxylation sites is 1. The molecule has 0 aliphatic rings. The molecule has 0 radical (unpaired) electrons. The summed E-state index contributed by atoms with van der Waals surface area (Å²) in [4.78, 5) is 41.1. The normalized spacial score (nSPS) is 12.0. The van der Waals surface area contributed by atoms with Crippen LogP contribution in [0, 0.1) is 5.41 Å². The number of ether oxygens (including phenoxy) is 1. The van der Waals surface area contributed by atoms with Gasteiger partial charge in [-0.2, -0.15) is 0 Å². The number of benzene rings is 2. The van der Waals surface area contributed by atoms with Crippen LogP contribution in [0.1, 0.15) is 30.6 Å². The number of carbonyl (C=O) groups is 3. The zero-order chi connectivity index (χ0) is 29.0. The van der Waals surface area contributed by atoms with Crippen molar-refractivity contribution in [3.8, 4) is 5.75 Å². The molecular weight excluding hydrogens is 522 g/mol. The number of nitrogens with two attached hydrogens (primary N) is 1. The minimum Gasteiger partial charge on any atom is -0.496 e. The number of primary amides is 1. The molecule has 39 heavy (non-hydrogen) atoms. The minimum atomic E-state index is -0.643. The van der Waals surface area contributed by atoms with Crippen LogP contribution in [0.3, 0.4) is 0 Å².